The Balaban J connectivity index is 1.64. The molecule has 8 heteroatoms. The van der Waals surface area contributed by atoms with Crippen molar-refractivity contribution < 1.29 is 4.79 Å². The van der Waals surface area contributed by atoms with Crippen LogP contribution in [0.2, 0.25) is 0 Å². The van der Waals surface area contributed by atoms with Gasteiger partial charge in [0.15, 0.2) is 5.78 Å². The summed E-state index contributed by atoms with van der Waals surface area (Å²) in [7, 11) is 0. The molecule has 2 aromatic heterocycles. The van der Waals surface area contributed by atoms with E-state index in [4.69, 9.17) is 0 Å². The average molecular weight is 401 g/mol. The smallest absolute Gasteiger partial charge is 0.229 e. The predicted octanol–water partition coefficient (Wildman–Crippen LogP) is 3.56. The molecule has 0 aliphatic rings. The predicted molar refractivity (Wildman–Crippen MR) is 100 cm³/mol. The summed E-state index contributed by atoms with van der Waals surface area (Å²) in [5.74, 6) is 1.21. The second kappa shape index (κ2) is 7.89. The number of H-pyrrole nitrogens is 1. The molecule has 3 rings (SSSR count). The number of aromatic amines is 1. The van der Waals surface area contributed by atoms with E-state index in [1.165, 1.54) is 0 Å². The summed E-state index contributed by atoms with van der Waals surface area (Å²) in [5, 5.41) is 6.39. The molecule has 0 aliphatic carbocycles. The number of imidazole rings is 1. The highest BCUT2D eigenvalue weighted by atomic mass is 79.9. The third-order valence-electron chi connectivity index (χ3n) is 3.52. The lowest BCUT2D eigenvalue weighted by Crippen LogP contribution is -2.09. The Morgan fingerprint density at radius 1 is 1.24 bits per heavy atom. The van der Waals surface area contributed by atoms with Crippen LogP contribution < -0.4 is 10.6 Å². The Labute approximate surface area is 153 Å². The van der Waals surface area contributed by atoms with Crippen LogP contribution in [-0.4, -0.2) is 32.3 Å². The number of halogens is 1. The first kappa shape index (κ1) is 17.1. The van der Waals surface area contributed by atoms with Crippen LogP contribution in [-0.2, 0) is 6.42 Å². The zero-order valence-corrected chi connectivity index (χ0v) is 15.2. The number of aromatic nitrogens is 4. The molecule has 25 heavy (non-hydrogen) atoms. The van der Waals surface area contributed by atoms with E-state index in [1.807, 2.05) is 18.3 Å². The van der Waals surface area contributed by atoms with Gasteiger partial charge in [0.05, 0.1) is 16.5 Å². The van der Waals surface area contributed by atoms with Gasteiger partial charge in [-0.05, 0) is 47.1 Å². The summed E-state index contributed by atoms with van der Waals surface area (Å²) in [6.45, 7) is 2.24. The number of Topliss-reactive ketones (excluding diaryl/α,β-unsaturated/α-hetero) is 1. The highest BCUT2D eigenvalue weighted by Gasteiger charge is 2.06. The van der Waals surface area contributed by atoms with E-state index in [1.54, 1.807) is 31.6 Å². The summed E-state index contributed by atoms with van der Waals surface area (Å²) in [6, 6.07) is 7.19. The molecule has 128 valence electrons. The lowest BCUT2D eigenvalue weighted by molar-refractivity contribution is 0.101. The number of hydrogen-bond acceptors (Lipinski definition) is 6. The van der Waals surface area contributed by atoms with Gasteiger partial charge >= 0.3 is 0 Å². The Hall–Kier alpha value is -2.74. The molecule has 2 heterocycles. The molecule has 0 saturated carbocycles. The van der Waals surface area contributed by atoms with Crippen molar-refractivity contribution in [3.63, 3.8) is 0 Å². The van der Waals surface area contributed by atoms with Crippen LogP contribution in [0.1, 0.15) is 23.0 Å². The Kier molecular flexibility index (Phi) is 5.39. The molecule has 0 spiro atoms. The van der Waals surface area contributed by atoms with Crippen LogP contribution >= 0.6 is 15.9 Å². The Morgan fingerprint density at radius 2 is 2.04 bits per heavy atom. The van der Waals surface area contributed by atoms with Crippen molar-refractivity contribution in [3.8, 4) is 0 Å². The first-order valence-electron chi connectivity index (χ1n) is 7.74. The highest BCUT2D eigenvalue weighted by molar-refractivity contribution is 9.10. The number of hydrogen-bond donors (Lipinski definition) is 3. The molecular weight excluding hydrogens is 384 g/mol. The van der Waals surface area contributed by atoms with Crippen molar-refractivity contribution in [1.29, 1.82) is 0 Å². The molecule has 0 bridgehead atoms. The summed E-state index contributed by atoms with van der Waals surface area (Å²) in [4.78, 5) is 27.2. The fourth-order valence-electron chi connectivity index (χ4n) is 2.21. The van der Waals surface area contributed by atoms with Gasteiger partial charge in [0.25, 0.3) is 0 Å². The van der Waals surface area contributed by atoms with Crippen molar-refractivity contribution in [2.24, 2.45) is 0 Å². The SMILES string of the molecule is CC(=O)c1ccc(Nc2ncc(Br)c(NCCc3c[nH]cn3)n2)cc1. The van der Waals surface area contributed by atoms with E-state index in [0.717, 1.165) is 22.3 Å². The second-order valence-corrected chi connectivity index (χ2v) is 6.24. The number of nitrogens with zero attached hydrogens (tertiary/aromatic N) is 3. The molecule has 7 nitrogen and oxygen atoms in total. The largest absolute Gasteiger partial charge is 0.369 e. The van der Waals surface area contributed by atoms with Gasteiger partial charge in [0, 0.05) is 36.6 Å². The van der Waals surface area contributed by atoms with Crippen molar-refractivity contribution in [3.05, 3.63) is 58.7 Å². The Bertz CT molecular complexity index is 848. The van der Waals surface area contributed by atoms with E-state index in [2.05, 4.69) is 46.5 Å². The zero-order valence-electron chi connectivity index (χ0n) is 13.6. The highest BCUT2D eigenvalue weighted by Crippen LogP contribution is 2.22. The minimum atomic E-state index is 0.0369. The molecule has 0 atom stereocenters. The number of carbonyl (C=O) groups is 1. The van der Waals surface area contributed by atoms with E-state index in [-0.39, 0.29) is 5.78 Å². The molecule has 0 unspecified atom stereocenters. The van der Waals surface area contributed by atoms with Gasteiger partial charge in [-0.2, -0.15) is 4.98 Å². The number of ketones is 1. The number of nitrogens with one attached hydrogen (secondary N) is 3. The van der Waals surface area contributed by atoms with Crippen LogP contribution in [0.3, 0.4) is 0 Å². The van der Waals surface area contributed by atoms with Crippen LogP contribution in [0, 0.1) is 0 Å². The molecule has 1 aromatic carbocycles. The van der Waals surface area contributed by atoms with Crippen LogP contribution in [0.25, 0.3) is 0 Å². The number of benzene rings is 1. The summed E-state index contributed by atoms with van der Waals surface area (Å²) in [5.41, 5.74) is 2.47. The average Bonchev–Trinajstić information content (AvgIpc) is 3.11. The van der Waals surface area contributed by atoms with Gasteiger partial charge in [-0.15, -0.1) is 0 Å². The maximum Gasteiger partial charge on any atom is 0.229 e. The van der Waals surface area contributed by atoms with Crippen LogP contribution in [0.5, 0.6) is 0 Å². The van der Waals surface area contributed by atoms with Gasteiger partial charge in [0.2, 0.25) is 5.95 Å². The molecule has 0 saturated heterocycles. The number of rotatable bonds is 7. The van der Waals surface area contributed by atoms with Gasteiger partial charge < -0.3 is 15.6 Å². The molecular formula is C17H17BrN6O. The third-order valence-corrected chi connectivity index (χ3v) is 4.10. The normalized spacial score (nSPS) is 10.5. The third kappa shape index (κ3) is 4.63. The van der Waals surface area contributed by atoms with Crippen LogP contribution in [0.15, 0.2) is 47.5 Å². The van der Waals surface area contributed by atoms with Crippen molar-refractivity contribution >= 4 is 39.2 Å². The van der Waals surface area contributed by atoms with Crippen molar-refractivity contribution in [2.75, 3.05) is 17.2 Å². The lowest BCUT2D eigenvalue weighted by Gasteiger charge is -2.10. The fraction of sp³-hybridized carbons (Fsp3) is 0.176. The zero-order chi connectivity index (χ0) is 17.6. The Morgan fingerprint density at radius 3 is 2.72 bits per heavy atom. The molecule has 3 N–H and O–H groups in total. The number of carbonyl (C=O) groups excluding carboxylic acids is 1. The summed E-state index contributed by atoms with van der Waals surface area (Å²) >= 11 is 3.45. The van der Waals surface area contributed by atoms with Gasteiger partial charge in [-0.25, -0.2) is 9.97 Å². The maximum absolute atomic E-state index is 11.3. The van der Waals surface area contributed by atoms with E-state index >= 15 is 0 Å². The molecule has 3 aromatic rings. The van der Waals surface area contributed by atoms with E-state index in [0.29, 0.717) is 23.9 Å². The standard InChI is InChI=1S/C17H17BrN6O/c1-11(25)12-2-4-13(5-3-12)23-17-21-9-15(18)16(24-17)20-7-6-14-8-19-10-22-14/h2-5,8-10H,6-7H2,1H3,(H,19,22)(H2,20,21,23,24). The van der Waals surface area contributed by atoms with Gasteiger partial charge in [-0.3, -0.25) is 4.79 Å². The lowest BCUT2D eigenvalue weighted by atomic mass is 10.1. The number of anilines is 3. The monoisotopic (exact) mass is 400 g/mol. The van der Waals surface area contributed by atoms with Gasteiger partial charge in [0.1, 0.15) is 5.82 Å². The first-order chi connectivity index (χ1) is 12.1. The topological polar surface area (TPSA) is 95.6 Å². The second-order valence-electron chi connectivity index (χ2n) is 5.39. The van der Waals surface area contributed by atoms with Crippen molar-refractivity contribution in [1.82, 2.24) is 19.9 Å². The van der Waals surface area contributed by atoms with E-state index in [9.17, 15) is 4.79 Å². The molecule has 0 aliphatic heterocycles. The van der Waals surface area contributed by atoms with Gasteiger partial charge in [-0.1, -0.05) is 0 Å². The van der Waals surface area contributed by atoms with Crippen LogP contribution in [0.4, 0.5) is 17.5 Å². The van der Waals surface area contributed by atoms with E-state index < -0.39 is 0 Å². The summed E-state index contributed by atoms with van der Waals surface area (Å²) < 4.78 is 0.784. The molecule has 0 fully saturated rings. The molecule has 0 amide bonds. The maximum atomic E-state index is 11.3. The first-order valence-corrected chi connectivity index (χ1v) is 8.53. The van der Waals surface area contributed by atoms with Crippen molar-refractivity contribution in [2.45, 2.75) is 13.3 Å². The summed E-state index contributed by atoms with van der Waals surface area (Å²) in [6.07, 6.45) is 6.01. The fourth-order valence-corrected chi connectivity index (χ4v) is 2.54. The molecule has 0 radical (unpaired) electrons. The minimum Gasteiger partial charge on any atom is -0.369 e. The quantitative estimate of drug-likeness (QED) is 0.524. The minimum absolute atomic E-state index is 0.0369.